The largest absolute Gasteiger partial charge is 0.298 e. The molecule has 10 heteroatoms. The topological polar surface area (TPSA) is 111 Å². The molecule has 0 radical (unpaired) electrons. The molecule has 4 rings (SSSR count). The van der Waals surface area contributed by atoms with Gasteiger partial charge < -0.3 is 0 Å². The van der Waals surface area contributed by atoms with Gasteiger partial charge in [-0.1, -0.05) is 28.1 Å². The van der Waals surface area contributed by atoms with Crippen molar-refractivity contribution in [2.45, 2.75) is 26.4 Å². The molecule has 2 aromatic carbocycles. The number of para-hydroxylation sites is 1. The number of hydrogen-bond acceptors (Lipinski definition) is 6. The molecule has 0 aliphatic rings. The second-order valence-electron chi connectivity index (χ2n) is 6.83. The first-order chi connectivity index (χ1) is 15.0. The number of fused-ring (bicyclic) bond motifs is 2. The Bertz CT molecular complexity index is 1410. The summed E-state index contributed by atoms with van der Waals surface area (Å²) in [5, 5.41) is 0.985. The van der Waals surface area contributed by atoms with Crippen molar-refractivity contribution in [1.82, 2.24) is 24.5 Å². The van der Waals surface area contributed by atoms with E-state index in [1.165, 1.54) is 15.5 Å². The average molecular weight is 483 g/mol. The minimum atomic E-state index is -0.355. The highest BCUT2D eigenvalue weighted by molar-refractivity contribution is 9.10. The highest BCUT2D eigenvalue weighted by Crippen LogP contribution is 2.15. The van der Waals surface area contributed by atoms with Crippen LogP contribution in [-0.2, 0) is 17.9 Å². The lowest BCUT2D eigenvalue weighted by molar-refractivity contribution is -0.120. The third-order valence-corrected chi connectivity index (χ3v) is 5.35. The molecule has 0 fully saturated rings. The van der Waals surface area contributed by atoms with E-state index in [2.05, 4.69) is 36.7 Å². The predicted molar refractivity (Wildman–Crippen MR) is 122 cm³/mol. The highest BCUT2D eigenvalue weighted by Gasteiger charge is 2.11. The molecule has 2 aromatic heterocycles. The monoisotopic (exact) mass is 482 g/mol. The number of nitrogens with one attached hydrogen (secondary N) is 2. The van der Waals surface area contributed by atoms with Gasteiger partial charge in [0.1, 0.15) is 0 Å². The first-order valence-corrected chi connectivity index (χ1v) is 10.5. The van der Waals surface area contributed by atoms with Gasteiger partial charge in [0.05, 0.1) is 28.1 Å². The van der Waals surface area contributed by atoms with Crippen molar-refractivity contribution in [2.24, 2.45) is 0 Å². The molecule has 0 saturated carbocycles. The lowest BCUT2D eigenvalue weighted by Gasteiger charge is -2.14. The van der Waals surface area contributed by atoms with Crippen LogP contribution in [0, 0.1) is 0 Å². The SMILES string of the molecule is CCn1c(NNC(=O)CCn2cnc3ccc(Br)cc3c2=O)nc2ccccc2c1=O. The lowest BCUT2D eigenvalue weighted by Crippen LogP contribution is -2.35. The number of benzene rings is 2. The Morgan fingerprint density at radius 3 is 2.68 bits per heavy atom. The lowest BCUT2D eigenvalue weighted by atomic mass is 10.2. The number of hydrogen-bond donors (Lipinski definition) is 2. The fourth-order valence-corrected chi connectivity index (χ4v) is 3.62. The molecule has 2 heterocycles. The zero-order valence-corrected chi connectivity index (χ0v) is 18.2. The van der Waals surface area contributed by atoms with E-state index in [0.29, 0.717) is 28.4 Å². The van der Waals surface area contributed by atoms with Gasteiger partial charge in [-0.2, -0.15) is 0 Å². The summed E-state index contributed by atoms with van der Waals surface area (Å²) in [5.74, 6) is -0.111. The average Bonchev–Trinajstić information content (AvgIpc) is 2.78. The molecular weight excluding hydrogens is 464 g/mol. The van der Waals surface area contributed by atoms with Crippen LogP contribution in [-0.4, -0.2) is 25.0 Å². The summed E-state index contributed by atoms with van der Waals surface area (Å²) in [7, 11) is 0. The van der Waals surface area contributed by atoms with E-state index >= 15 is 0 Å². The number of carbonyl (C=O) groups is 1. The quantitative estimate of drug-likeness (QED) is 0.408. The van der Waals surface area contributed by atoms with Gasteiger partial charge in [0, 0.05) is 24.0 Å². The van der Waals surface area contributed by atoms with Gasteiger partial charge in [0.15, 0.2) is 0 Å². The molecule has 0 unspecified atom stereocenters. The maximum atomic E-state index is 12.6. The van der Waals surface area contributed by atoms with Crippen LogP contribution in [0.5, 0.6) is 0 Å². The van der Waals surface area contributed by atoms with Gasteiger partial charge in [-0.15, -0.1) is 0 Å². The molecule has 4 aromatic rings. The summed E-state index contributed by atoms with van der Waals surface area (Å²) >= 11 is 3.35. The first-order valence-electron chi connectivity index (χ1n) is 9.67. The highest BCUT2D eigenvalue weighted by atomic mass is 79.9. The van der Waals surface area contributed by atoms with Crippen LogP contribution in [0.3, 0.4) is 0 Å². The Hall–Kier alpha value is -3.53. The van der Waals surface area contributed by atoms with Crippen LogP contribution in [0.4, 0.5) is 5.95 Å². The van der Waals surface area contributed by atoms with E-state index in [9.17, 15) is 14.4 Å². The number of anilines is 1. The van der Waals surface area contributed by atoms with Crippen LogP contribution >= 0.6 is 15.9 Å². The third-order valence-electron chi connectivity index (χ3n) is 4.86. The number of nitrogens with zero attached hydrogens (tertiary/aromatic N) is 4. The molecule has 158 valence electrons. The molecular formula is C21H19BrN6O3. The zero-order valence-electron chi connectivity index (χ0n) is 16.6. The van der Waals surface area contributed by atoms with E-state index in [4.69, 9.17) is 0 Å². The van der Waals surface area contributed by atoms with Crippen molar-refractivity contribution in [3.05, 3.63) is 74.0 Å². The number of halogens is 1. The van der Waals surface area contributed by atoms with Crippen molar-refractivity contribution < 1.29 is 4.79 Å². The number of rotatable bonds is 6. The van der Waals surface area contributed by atoms with E-state index in [1.807, 2.05) is 13.0 Å². The van der Waals surface area contributed by atoms with Crippen molar-refractivity contribution in [2.75, 3.05) is 5.43 Å². The molecule has 0 spiro atoms. The third kappa shape index (κ3) is 4.19. The Labute approximate surface area is 184 Å². The van der Waals surface area contributed by atoms with E-state index in [-0.39, 0.29) is 35.9 Å². The first kappa shape index (κ1) is 20.7. The standard InChI is InChI=1S/C21H19BrN6O3/c1-2-28-20(31)14-5-3-4-6-17(14)24-21(28)26-25-18(29)9-10-27-12-23-16-8-7-13(22)11-15(16)19(27)30/h3-8,11-12H,2,9-10H2,1H3,(H,24,26)(H,25,29). The Balaban J connectivity index is 1.47. The normalized spacial score (nSPS) is 11.0. The summed E-state index contributed by atoms with van der Waals surface area (Å²) in [6, 6.07) is 12.3. The number of hydrazine groups is 1. The number of carbonyl (C=O) groups excluding carboxylic acids is 1. The fraction of sp³-hybridized carbons (Fsp3) is 0.190. The molecule has 31 heavy (non-hydrogen) atoms. The van der Waals surface area contributed by atoms with Gasteiger partial charge in [0.25, 0.3) is 11.1 Å². The van der Waals surface area contributed by atoms with Gasteiger partial charge in [-0.3, -0.25) is 34.4 Å². The van der Waals surface area contributed by atoms with Crippen LogP contribution in [0.1, 0.15) is 13.3 Å². The summed E-state index contributed by atoms with van der Waals surface area (Å²) in [4.78, 5) is 46.3. The molecule has 0 aliphatic heterocycles. The minimum absolute atomic E-state index is 0.0397. The molecule has 0 bridgehead atoms. The smallest absolute Gasteiger partial charge is 0.262 e. The van der Waals surface area contributed by atoms with Crippen molar-refractivity contribution in [1.29, 1.82) is 0 Å². The van der Waals surface area contributed by atoms with Crippen LogP contribution in [0.2, 0.25) is 0 Å². The molecule has 0 saturated heterocycles. The number of aryl methyl sites for hydroxylation is 1. The van der Waals surface area contributed by atoms with Crippen LogP contribution in [0.25, 0.3) is 21.8 Å². The summed E-state index contributed by atoms with van der Waals surface area (Å²) in [6.45, 7) is 2.37. The Morgan fingerprint density at radius 2 is 1.87 bits per heavy atom. The fourth-order valence-electron chi connectivity index (χ4n) is 3.26. The summed E-state index contributed by atoms with van der Waals surface area (Å²) < 4.78 is 3.62. The van der Waals surface area contributed by atoms with E-state index in [1.54, 1.807) is 36.4 Å². The second-order valence-corrected chi connectivity index (χ2v) is 7.75. The van der Waals surface area contributed by atoms with Gasteiger partial charge in [-0.25, -0.2) is 9.97 Å². The minimum Gasteiger partial charge on any atom is -0.298 e. The Kier molecular flexibility index (Phi) is 5.81. The second kappa shape index (κ2) is 8.68. The maximum Gasteiger partial charge on any atom is 0.262 e. The zero-order chi connectivity index (χ0) is 22.0. The van der Waals surface area contributed by atoms with Crippen LogP contribution in [0.15, 0.2) is 62.9 Å². The van der Waals surface area contributed by atoms with E-state index < -0.39 is 0 Å². The Morgan fingerprint density at radius 1 is 1.06 bits per heavy atom. The van der Waals surface area contributed by atoms with Gasteiger partial charge in [-0.05, 0) is 37.3 Å². The predicted octanol–water partition coefficient (Wildman–Crippen LogP) is 2.42. The van der Waals surface area contributed by atoms with E-state index in [0.717, 1.165) is 4.47 Å². The maximum absolute atomic E-state index is 12.6. The van der Waals surface area contributed by atoms with Gasteiger partial charge in [0.2, 0.25) is 11.9 Å². The molecule has 9 nitrogen and oxygen atoms in total. The molecule has 0 atom stereocenters. The molecule has 2 N–H and O–H groups in total. The summed E-state index contributed by atoms with van der Waals surface area (Å²) in [6.07, 6.45) is 1.47. The van der Waals surface area contributed by atoms with Crippen molar-refractivity contribution in [3.8, 4) is 0 Å². The molecule has 0 aliphatic carbocycles. The van der Waals surface area contributed by atoms with Crippen LogP contribution < -0.4 is 22.0 Å². The van der Waals surface area contributed by atoms with Crippen molar-refractivity contribution in [3.63, 3.8) is 0 Å². The van der Waals surface area contributed by atoms with Gasteiger partial charge >= 0.3 is 0 Å². The van der Waals surface area contributed by atoms with Crippen molar-refractivity contribution >= 4 is 49.6 Å². The molecule has 1 amide bonds. The number of amides is 1. The summed E-state index contributed by atoms with van der Waals surface area (Å²) in [5.41, 5.74) is 5.99. The number of aromatic nitrogens is 4.